The highest BCUT2D eigenvalue weighted by Gasteiger charge is 2.36. The first-order chi connectivity index (χ1) is 14.5. The average Bonchev–Trinajstić information content (AvgIpc) is 2.71. The summed E-state index contributed by atoms with van der Waals surface area (Å²) in [6.07, 6.45) is 5.30. The highest BCUT2D eigenvalue weighted by atomic mass is 127. The highest BCUT2D eigenvalue weighted by Crippen LogP contribution is 2.32. The van der Waals surface area contributed by atoms with Crippen LogP contribution in [0.5, 0.6) is 5.75 Å². The molecule has 0 aromatic heterocycles. The number of hydrogen-bond donors (Lipinski definition) is 3. The maximum Gasteiger partial charge on any atom is 0.269 e. The van der Waals surface area contributed by atoms with Gasteiger partial charge in [-0.2, -0.15) is 0 Å². The van der Waals surface area contributed by atoms with Crippen LogP contribution in [0.25, 0.3) is 0 Å². The van der Waals surface area contributed by atoms with Gasteiger partial charge in [-0.25, -0.2) is 0 Å². The van der Waals surface area contributed by atoms with Gasteiger partial charge in [0.05, 0.1) is 11.5 Å². The van der Waals surface area contributed by atoms with Gasteiger partial charge in [-0.05, 0) is 51.8 Å². The summed E-state index contributed by atoms with van der Waals surface area (Å²) < 4.78 is 5.52. The molecule has 0 radical (unpaired) electrons. The second kappa shape index (κ2) is 12.4. The molecule has 2 heterocycles. The molecule has 0 spiro atoms. The van der Waals surface area contributed by atoms with Crippen LogP contribution >= 0.6 is 24.0 Å². The summed E-state index contributed by atoms with van der Waals surface area (Å²) in [5, 5.41) is 27.7. The average molecular weight is 547 g/mol. The number of nitrogens with zero attached hydrogens (tertiary/aromatic N) is 3. The molecular formula is C21H34IN5O4. The Morgan fingerprint density at radius 3 is 2.55 bits per heavy atom. The van der Waals surface area contributed by atoms with Crippen LogP contribution in [-0.2, 0) is 0 Å². The zero-order chi connectivity index (χ0) is 21.5. The van der Waals surface area contributed by atoms with E-state index in [2.05, 4.69) is 27.6 Å². The molecule has 3 rings (SSSR count). The summed E-state index contributed by atoms with van der Waals surface area (Å²) in [6.45, 7) is 3.05. The normalized spacial score (nSPS) is 24.6. The second-order valence-corrected chi connectivity index (χ2v) is 8.15. The van der Waals surface area contributed by atoms with E-state index in [1.165, 1.54) is 43.5 Å². The molecular weight excluding hydrogens is 513 g/mol. The summed E-state index contributed by atoms with van der Waals surface area (Å²) in [7, 11) is 2.24. The molecule has 9 nitrogen and oxygen atoms in total. The predicted molar refractivity (Wildman–Crippen MR) is 131 cm³/mol. The van der Waals surface area contributed by atoms with E-state index in [0.717, 1.165) is 25.3 Å². The molecule has 2 fully saturated rings. The number of rotatable bonds is 8. The standard InChI is InChI=1S/C21H33N5O4.HI/c1-3-22-21(24-15-11-17-5-4-6-18(12-15)25(17)2)23-13-19(27)14-30-20-9-7-16(8-10-20)26(28)29;/h7-10,15,17-19,27H,3-6,11-14H2,1-2H3,(H2,22,23,24);1H. The quantitative estimate of drug-likeness (QED) is 0.151. The lowest BCUT2D eigenvalue weighted by Gasteiger charge is -2.47. The van der Waals surface area contributed by atoms with Gasteiger partial charge in [0.25, 0.3) is 5.69 Å². The Morgan fingerprint density at radius 2 is 1.97 bits per heavy atom. The van der Waals surface area contributed by atoms with Crippen LogP contribution in [0, 0.1) is 10.1 Å². The third kappa shape index (κ3) is 7.46. The van der Waals surface area contributed by atoms with Crippen molar-refractivity contribution in [2.45, 2.75) is 63.3 Å². The summed E-state index contributed by atoms with van der Waals surface area (Å²) in [5.41, 5.74) is 0.00639. The zero-order valence-corrected chi connectivity index (χ0v) is 20.5. The SMILES string of the molecule is CCNC(=NCC(O)COc1ccc([N+](=O)[O-])cc1)NC1CC2CCCC(C1)N2C.I. The molecule has 31 heavy (non-hydrogen) atoms. The van der Waals surface area contributed by atoms with Gasteiger partial charge >= 0.3 is 0 Å². The topological polar surface area (TPSA) is 112 Å². The fourth-order valence-corrected chi connectivity index (χ4v) is 4.35. The molecule has 174 valence electrons. The molecule has 3 atom stereocenters. The van der Waals surface area contributed by atoms with E-state index in [4.69, 9.17) is 4.74 Å². The number of aliphatic hydroxyl groups is 1. The minimum absolute atomic E-state index is 0. The molecule has 10 heteroatoms. The summed E-state index contributed by atoms with van der Waals surface area (Å²) >= 11 is 0. The molecule has 1 aromatic carbocycles. The van der Waals surface area contributed by atoms with Gasteiger partial charge in [-0.1, -0.05) is 6.42 Å². The van der Waals surface area contributed by atoms with Crippen LogP contribution in [0.2, 0.25) is 0 Å². The maximum absolute atomic E-state index is 10.7. The predicted octanol–water partition coefficient (Wildman–Crippen LogP) is 2.52. The van der Waals surface area contributed by atoms with Crippen molar-refractivity contribution < 1.29 is 14.8 Å². The largest absolute Gasteiger partial charge is 0.491 e. The fraction of sp³-hybridized carbons (Fsp3) is 0.667. The van der Waals surface area contributed by atoms with E-state index < -0.39 is 11.0 Å². The first kappa shape index (κ1) is 25.6. The van der Waals surface area contributed by atoms with Crippen molar-refractivity contribution in [2.24, 2.45) is 4.99 Å². The second-order valence-electron chi connectivity index (χ2n) is 8.15. The third-order valence-electron chi connectivity index (χ3n) is 5.97. The number of halogens is 1. The van der Waals surface area contributed by atoms with E-state index in [1.54, 1.807) is 0 Å². The van der Waals surface area contributed by atoms with Crippen molar-refractivity contribution in [2.75, 3.05) is 26.7 Å². The molecule has 2 aliphatic rings. The molecule has 2 bridgehead atoms. The number of ether oxygens (including phenoxy) is 1. The number of hydrogen-bond acceptors (Lipinski definition) is 6. The van der Waals surface area contributed by atoms with Gasteiger partial charge in [-0.3, -0.25) is 15.1 Å². The van der Waals surface area contributed by atoms with Crippen LogP contribution < -0.4 is 15.4 Å². The number of guanidine groups is 1. The number of nitro groups is 1. The summed E-state index contributed by atoms with van der Waals surface area (Å²) in [4.78, 5) is 17.3. The number of aliphatic imine (C=N–C) groups is 1. The van der Waals surface area contributed by atoms with Crippen molar-refractivity contribution in [1.29, 1.82) is 0 Å². The number of aliphatic hydroxyl groups excluding tert-OH is 1. The molecule has 0 amide bonds. The summed E-state index contributed by atoms with van der Waals surface area (Å²) in [6, 6.07) is 7.47. The smallest absolute Gasteiger partial charge is 0.269 e. The Kier molecular flexibility index (Phi) is 10.2. The summed E-state index contributed by atoms with van der Waals surface area (Å²) in [5.74, 6) is 1.20. The van der Waals surface area contributed by atoms with E-state index >= 15 is 0 Å². The van der Waals surface area contributed by atoms with Crippen molar-refractivity contribution in [1.82, 2.24) is 15.5 Å². The van der Waals surface area contributed by atoms with Gasteiger partial charge < -0.3 is 25.4 Å². The van der Waals surface area contributed by atoms with Gasteiger partial charge in [-0.15, -0.1) is 24.0 Å². The minimum Gasteiger partial charge on any atom is -0.491 e. The molecule has 0 aliphatic carbocycles. The lowest BCUT2D eigenvalue weighted by atomic mass is 9.82. The van der Waals surface area contributed by atoms with Crippen LogP contribution in [0.1, 0.15) is 39.0 Å². The number of benzene rings is 1. The van der Waals surface area contributed by atoms with Gasteiger partial charge in [0.2, 0.25) is 0 Å². The van der Waals surface area contributed by atoms with Gasteiger partial charge in [0, 0.05) is 36.8 Å². The molecule has 3 N–H and O–H groups in total. The number of fused-ring (bicyclic) bond motifs is 2. The van der Waals surface area contributed by atoms with E-state index in [-0.39, 0.29) is 42.8 Å². The molecule has 1 aromatic rings. The van der Waals surface area contributed by atoms with Crippen LogP contribution in [-0.4, -0.2) is 71.9 Å². The van der Waals surface area contributed by atoms with Crippen LogP contribution in [0.15, 0.2) is 29.3 Å². The molecule has 3 unspecified atom stereocenters. The van der Waals surface area contributed by atoms with Crippen molar-refractivity contribution in [3.05, 3.63) is 34.4 Å². The number of piperidine rings is 2. The maximum atomic E-state index is 10.7. The van der Waals surface area contributed by atoms with Gasteiger partial charge in [0.15, 0.2) is 5.96 Å². The molecule has 2 aliphatic heterocycles. The monoisotopic (exact) mass is 547 g/mol. The van der Waals surface area contributed by atoms with Crippen LogP contribution in [0.3, 0.4) is 0 Å². The minimum atomic E-state index is -0.771. The number of nitro benzene ring substituents is 1. The highest BCUT2D eigenvalue weighted by molar-refractivity contribution is 14.0. The first-order valence-electron chi connectivity index (χ1n) is 10.8. The molecule has 0 saturated carbocycles. The Bertz CT molecular complexity index is 719. The molecule has 2 saturated heterocycles. The number of nitrogens with one attached hydrogen (secondary N) is 2. The Labute approximate surface area is 200 Å². The van der Waals surface area contributed by atoms with E-state index in [1.807, 2.05) is 6.92 Å². The Morgan fingerprint density at radius 1 is 1.32 bits per heavy atom. The van der Waals surface area contributed by atoms with Gasteiger partial charge in [0.1, 0.15) is 18.5 Å². The van der Waals surface area contributed by atoms with Crippen molar-refractivity contribution >= 4 is 35.6 Å². The zero-order valence-electron chi connectivity index (χ0n) is 18.2. The third-order valence-corrected chi connectivity index (χ3v) is 5.97. The van der Waals surface area contributed by atoms with E-state index in [0.29, 0.717) is 23.9 Å². The Hall–Kier alpha value is -1.66. The lowest BCUT2D eigenvalue weighted by Crippen LogP contribution is -2.56. The van der Waals surface area contributed by atoms with Crippen molar-refractivity contribution in [3.63, 3.8) is 0 Å². The van der Waals surface area contributed by atoms with Crippen LogP contribution in [0.4, 0.5) is 5.69 Å². The first-order valence-corrected chi connectivity index (χ1v) is 10.8. The van der Waals surface area contributed by atoms with Crippen molar-refractivity contribution in [3.8, 4) is 5.75 Å². The Balaban J connectivity index is 0.00000341. The van der Waals surface area contributed by atoms with E-state index in [9.17, 15) is 15.2 Å². The fourth-order valence-electron chi connectivity index (χ4n) is 4.35. The lowest BCUT2D eigenvalue weighted by molar-refractivity contribution is -0.384. The number of non-ortho nitro benzene ring substituents is 1.